The molecule has 2 unspecified atom stereocenters. The lowest BCUT2D eigenvalue weighted by Crippen LogP contribution is -2.58. The lowest BCUT2D eigenvalue weighted by Gasteiger charge is -2.44. The van der Waals surface area contributed by atoms with E-state index in [0.29, 0.717) is 25.4 Å². The van der Waals surface area contributed by atoms with Gasteiger partial charge in [0.2, 0.25) is 5.75 Å². The highest BCUT2D eigenvalue weighted by molar-refractivity contribution is 5.93. The van der Waals surface area contributed by atoms with Gasteiger partial charge in [0.1, 0.15) is 11.4 Å². The van der Waals surface area contributed by atoms with Crippen LogP contribution in [0, 0.1) is 5.82 Å². The number of amides is 1. The van der Waals surface area contributed by atoms with Gasteiger partial charge in [-0.2, -0.15) is 0 Å². The van der Waals surface area contributed by atoms with E-state index in [1.807, 2.05) is 13.8 Å². The number of carbonyl (C=O) groups excluding carboxylic acids is 1. The zero-order valence-corrected chi connectivity index (χ0v) is 19.2. The van der Waals surface area contributed by atoms with Crippen molar-refractivity contribution >= 4 is 11.9 Å². The van der Waals surface area contributed by atoms with E-state index in [9.17, 15) is 19.1 Å². The molecule has 2 aromatic carbocycles. The van der Waals surface area contributed by atoms with E-state index in [1.165, 1.54) is 38.5 Å². The molecule has 0 spiro atoms. The Hall–Kier alpha value is -3.33. The summed E-state index contributed by atoms with van der Waals surface area (Å²) in [6.07, 6.45) is 0. The number of hydrogen-bond acceptors (Lipinski definition) is 6. The molecule has 0 bridgehead atoms. The largest absolute Gasteiger partial charge is 0.493 e. The zero-order chi connectivity index (χ0) is 24.1. The number of benzene rings is 2. The molecule has 0 radical (unpaired) electrons. The molecule has 2 aromatic rings. The van der Waals surface area contributed by atoms with E-state index in [4.69, 9.17) is 14.2 Å². The molecule has 1 aliphatic heterocycles. The van der Waals surface area contributed by atoms with Gasteiger partial charge in [0.25, 0.3) is 5.91 Å². The molecule has 1 heterocycles. The van der Waals surface area contributed by atoms with Gasteiger partial charge in [-0.05, 0) is 43.7 Å². The number of rotatable bonds is 8. The summed E-state index contributed by atoms with van der Waals surface area (Å²) in [6.45, 7) is 5.45. The monoisotopic (exact) mass is 460 g/mol. The van der Waals surface area contributed by atoms with Crippen LogP contribution < -0.4 is 14.2 Å². The average molecular weight is 461 g/mol. The van der Waals surface area contributed by atoms with Gasteiger partial charge >= 0.3 is 5.97 Å². The quantitative estimate of drug-likeness (QED) is 0.648. The maximum absolute atomic E-state index is 13.2. The van der Waals surface area contributed by atoms with Gasteiger partial charge in [-0.3, -0.25) is 9.69 Å². The van der Waals surface area contributed by atoms with Crippen molar-refractivity contribution in [3.8, 4) is 17.2 Å². The number of halogens is 1. The van der Waals surface area contributed by atoms with Crippen LogP contribution in [0.15, 0.2) is 36.4 Å². The highest BCUT2D eigenvalue weighted by atomic mass is 19.1. The highest BCUT2D eigenvalue weighted by Gasteiger charge is 2.32. The first-order valence-corrected chi connectivity index (χ1v) is 10.6. The predicted octanol–water partition coefficient (Wildman–Crippen LogP) is 3.04. The molecule has 1 amide bonds. The van der Waals surface area contributed by atoms with Crippen LogP contribution in [0.3, 0.4) is 0 Å². The Labute approximate surface area is 192 Å². The Morgan fingerprint density at radius 1 is 1.00 bits per heavy atom. The van der Waals surface area contributed by atoms with E-state index < -0.39 is 5.97 Å². The van der Waals surface area contributed by atoms with Crippen molar-refractivity contribution in [2.75, 3.05) is 33.9 Å². The van der Waals surface area contributed by atoms with Crippen LogP contribution in [0.5, 0.6) is 17.2 Å². The number of carboxylic acid groups (broad SMARTS) is 1. The second kappa shape index (κ2) is 10.5. The fourth-order valence-corrected chi connectivity index (χ4v) is 4.02. The molecule has 1 fully saturated rings. The minimum atomic E-state index is -1.20. The van der Waals surface area contributed by atoms with Crippen molar-refractivity contribution in [1.82, 2.24) is 9.80 Å². The first-order chi connectivity index (χ1) is 15.7. The highest BCUT2D eigenvalue weighted by Crippen LogP contribution is 2.40. The number of methoxy groups -OCH3 is 2. The molecule has 1 saturated heterocycles. The summed E-state index contributed by atoms with van der Waals surface area (Å²) < 4.78 is 29.3. The Balaban J connectivity index is 1.68. The molecule has 33 heavy (non-hydrogen) atoms. The lowest BCUT2D eigenvalue weighted by molar-refractivity contribution is -0.139. The molecule has 9 heteroatoms. The maximum atomic E-state index is 13.2. The van der Waals surface area contributed by atoms with Crippen molar-refractivity contribution in [3.05, 3.63) is 53.3 Å². The molecule has 1 aliphatic rings. The summed E-state index contributed by atoms with van der Waals surface area (Å²) >= 11 is 0. The van der Waals surface area contributed by atoms with E-state index >= 15 is 0 Å². The van der Waals surface area contributed by atoms with Crippen molar-refractivity contribution in [1.29, 1.82) is 0 Å². The van der Waals surface area contributed by atoms with Crippen molar-refractivity contribution in [2.45, 2.75) is 32.5 Å². The molecule has 2 atom stereocenters. The van der Waals surface area contributed by atoms with Crippen LogP contribution >= 0.6 is 0 Å². The summed E-state index contributed by atoms with van der Waals surface area (Å²) in [6, 6.07) is 9.24. The van der Waals surface area contributed by atoms with Gasteiger partial charge in [-0.15, -0.1) is 0 Å². The van der Waals surface area contributed by atoms with Crippen molar-refractivity contribution < 1.29 is 33.3 Å². The van der Waals surface area contributed by atoms with Gasteiger partial charge < -0.3 is 24.2 Å². The number of carbonyl (C=O) groups is 2. The Kier molecular flexibility index (Phi) is 7.75. The summed E-state index contributed by atoms with van der Waals surface area (Å²) in [4.78, 5) is 28.6. The zero-order valence-electron chi connectivity index (χ0n) is 19.2. The second-order valence-electron chi connectivity index (χ2n) is 8.07. The van der Waals surface area contributed by atoms with Gasteiger partial charge in [-0.1, -0.05) is 12.1 Å². The third-order valence-electron chi connectivity index (χ3n) is 5.80. The molecule has 3 rings (SSSR count). The Morgan fingerprint density at radius 2 is 1.70 bits per heavy atom. The predicted molar refractivity (Wildman–Crippen MR) is 119 cm³/mol. The van der Waals surface area contributed by atoms with E-state index in [-0.39, 0.29) is 47.5 Å². The van der Waals surface area contributed by atoms with Gasteiger partial charge in [0.05, 0.1) is 14.2 Å². The molecule has 0 aliphatic carbocycles. The first-order valence-electron chi connectivity index (χ1n) is 10.6. The molecule has 0 aromatic heterocycles. The van der Waals surface area contributed by atoms with E-state index in [1.54, 1.807) is 17.0 Å². The van der Waals surface area contributed by atoms with Crippen LogP contribution in [0.2, 0.25) is 0 Å². The van der Waals surface area contributed by atoms with Crippen LogP contribution in [0.1, 0.15) is 29.8 Å². The van der Waals surface area contributed by atoms with E-state index in [2.05, 4.69) is 4.90 Å². The molecule has 0 saturated carbocycles. The Bertz CT molecular complexity index is 997. The summed E-state index contributed by atoms with van der Waals surface area (Å²) in [5.41, 5.74) is 0.885. The summed E-state index contributed by atoms with van der Waals surface area (Å²) in [5, 5.41) is 9.51. The number of hydrogen-bond donors (Lipinski definition) is 1. The van der Waals surface area contributed by atoms with Gasteiger partial charge in [-0.25, -0.2) is 9.18 Å². The fourth-order valence-electron chi connectivity index (χ4n) is 4.02. The molecule has 8 nitrogen and oxygen atoms in total. The topological polar surface area (TPSA) is 88.5 Å². The fraction of sp³-hybridized carbons (Fsp3) is 0.417. The normalized spacial score (nSPS) is 18.6. The summed E-state index contributed by atoms with van der Waals surface area (Å²) in [7, 11) is 2.81. The SMILES string of the molecule is COc1ccc(C(=O)O)c(OCC(=O)N2CC(C)N(Cc3ccc(F)cc3)CC2C)c1OC. The smallest absolute Gasteiger partial charge is 0.339 e. The van der Waals surface area contributed by atoms with Crippen LogP contribution in [-0.4, -0.2) is 72.8 Å². The molecular formula is C24H29FN2O6. The molecule has 178 valence electrons. The third-order valence-corrected chi connectivity index (χ3v) is 5.80. The number of aromatic carboxylic acids is 1. The number of carboxylic acids is 1. The summed E-state index contributed by atoms with van der Waals surface area (Å²) in [5.74, 6) is -1.34. The van der Waals surface area contributed by atoms with Crippen molar-refractivity contribution in [2.24, 2.45) is 0 Å². The third kappa shape index (κ3) is 5.54. The van der Waals surface area contributed by atoms with E-state index in [0.717, 1.165) is 5.56 Å². The standard InChI is InChI=1S/C24H29FN2O6/c1-15-12-27(16(2)11-26(15)13-17-5-7-18(25)8-6-17)21(28)14-33-22-19(24(29)30)9-10-20(31-3)23(22)32-4/h5-10,15-16H,11-14H2,1-4H3,(H,29,30). The molecule has 1 N–H and O–H groups in total. The van der Waals surface area contributed by atoms with Gasteiger partial charge in [0.15, 0.2) is 18.1 Å². The number of nitrogens with zero attached hydrogens (tertiary/aromatic N) is 2. The van der Waals surface area contributed by atoms with Crippen molar-refractivity contribution in [3.63, 3.8) is 0 Å². The van der Waals surface area contributed by atoms with Crippen LogP contribution in [0.25, 0.3) is 0 Å². The average Bonchev–Trinajstić information content (AvgIpc) is 2.80. The second-order valence-corrected chi connectivity index (χ2v) is 8.07. The maximum Gasteiger partial charge on any atom is 0.339 e. The first kappa shape index (κ1) is 24.3. The minimum absolute atomic E-state index is 0.0478. The number of piperazine rings is 1. The van der Waals surface area contributed by atoms with Gasteiger partial charge in [0, 0.05) is 31.7 Å². The number of ether oxygens (including phenoxy) is 3. The van der Waals surface area contributed by atoms with Crippen LogP contribution in [0.4, 0.5) is 4.39 Å². The minimum Gasteiger partial charge on any atom is -0.493 e. The van der Waals surface area contributed by atoms with Crippen LogP contribution in [-0.2, 0) is 11.3 Å². The lowest BCUT2D eigenvalue weighted by atomic mass is 10.1. The Morgan fingerprint density at radius 3 is 2.30 bits per heavy atom. The molecular weight excluding hydrogens is 431 g/mol.